The third kappa shape index (κ3) is 3.44. The second-order valence-electron chi connectivity index (χ2n) is 28.3. The Balaban J connectivity index is 0.940. The molecule has 4 aromatic heterocycles. The molecule has 67 heavy (non-hydrogen) atoms. The van der Waals surface area contributed by atoms with Crippen molar-refractivity contribution in [3.05, 3.63) is 86.7 Å². The van der Waals surface area contributed by atoms with E-state index in [9.17, 15) is 0 Å². The second-order valence-corrected chi connectivity index (χ2v) is 28.3. The van der Waals surface area contributed by atoms with Crippen LogP contribution in [0.2, 0.25) is 0 Å². The number of fused-ring (bicyclic) bond motifs is 24. The van der Waals surface area contributed by atoms with Crippen molar-refractivity contribution in [2.24, 2.45) is 34.5 Å². The summed E-state index contributed by atoms with van der Waals surface area (Å²) in [6, 6.07) is 17.0. The fraction of sp³-hybridized carbons (Fsp3) is 0.581. The van der Waals surface area contributed by atoms with E-state index in [1.165, 1.54) is 144 Å². The largest absolute Gasteiger partial charge is 0.298 e. The fourth-order valence-electron chi connectivity index (χ4n) is 23.2. The lowest BCUT2D eigenvalue weighted by molar-refractivity contribution is 0.00321. The fourth-order valence-corrected chi connectivity index (χ4v) is 23.2. The lowest BCUT2D eigenvalue weighted by atomic mass is 9.32. The van der Waals surface area contributed by atoms with E-state index in [2.05, 4.69) is 75.1 Å². The highest BCUT2D eigenvalue weighted by atomic mass is 15.2. The van der Waals surface area contributed by atoms with Crippen LogP contribution in [-0.2, 0) is 5.41 Å². The molecule has 8 saturated carbocycles. The molecular weight excluding hydrogens is 812 g/mol. The van der Waals surface area contributed by atoms with Crippen molar-refractivity contribution in [3.63, 3.8) is 0 Å². The number of hydrogen-bond acceptors (Lipinski definition) is 0. The maximum Gasteiger partial charge on any atom is 0.257 e. The van der Waals surface area contributed by atoms with E-state index < -0.39 is 0 Å². The van der Waals surface area contributed by atoms with Crippen LogP contribution in [-0.4, -0.2) is 24.6 Å². The van der Waals surface area contributed by atoms with Gasteiger partial charge >= 0.3 is 0 Å². The number of hydrogen-bond donors (Lipinski definition) is 0. The molecule has 0 radical (unpaired) electrons. The van der Waals surface area contributed by atoms with E-state index in [1.54, 1.807) is 72.4 Å². The lowest BCUT2D eigenvalue weighted by Gasteiger charge is -2.48. The number of aromatic nitrogens is 4. The highest BCUT2D eigenvalue weighted by Gasteiger charge is 2.67. The summed E-state index contributed by atoms with van der Waals surface area (Å²) in [6.07, 6.45) is 25.9. The minimum absolute atomic E-state index is 0.0192. The molecule has 10 bridgehead atoms. The molecule has 10 unspecified atom stereocenters. The van der Waals surface area contributed by atoms with Crippen LogP contribution >= 0.6 is 0 Å². The molecular formula is C62H63BN4. The van der Waals surface area contributed by atoms with Gasteiger partial charge in [0.15, 0.2) is 0 Å². The smallest absolute Gasteiger partial charge is 0.257 e. The molecule has 334 valence electrons. The summed E-state index contributed by atoms with van der Waals surface area (Å²) < 4.78 is 12.0. The molecule has 2 aliphatic heterocycles. The number of benzene rings is 3. The Morgan fingerprint density at radius 3 is 1.19 bits per heavy atom. The third-order valence-corrected chi connectivity index (χ3v) is 25.6. The van der Waals surface area contributed by atoms with Gasteiger partial charge in [0, 0.05) is 22.8 Å². The number of nitrogens with zero attached hydrogens (tertiary/aromatic N) is 4. The Morgan fingerprint density at radius 1 is 0.433 bits per heavy atom. The standard InChI is InChI=1S/C62H63BN4/c1-60(2,3)36-18-49-53-50(19-36)65-46-21-42-33-13-38-17-40-15-35(27-62(38,40)25-33)44(42)23-48(46)67-57-31-10-6-29(7-11-31)52(57)55(59(65)67)63(53)54-51-28-4-8-30(9-5-28)56(51)66-47-22-43-34-14-39-16-37-12-32(24-61(37,39)26-34)41(43)20-45(47)64(49)58(54)66/h18-23,28-35,37-40H,4-17,24-27H2,1-3H3. The highest BCUT2D eigenvalue weighted by Crippen LogP contribution is 2.77. The van der Waals surface area contributed by atoms with Gasteiger partial charge < -0.3 is 0 Å². The maximum absolute atomic E-state index is 3.01. The Hall–Kier alpha value is -4.12. The van der Waals surface area contributed by atoms with Gasteiger partial charge in [-0.2, -0.15) is 0 Å². The van der Waals surface area contributed by atoms with Crippen LogP contribution in [0.25, 0.3) is 44.7 Å². The zero-order valence-electron chi connectivity index (χ0n) is 40.0. The SMILES string of the molecule is CC(C)(C)c1cc2c3c(c1)-n1c4cc5c(cc4n4c6c(c(c14)B3c1c3c(n4c7cc8c(cc7n-2c14)C1CC2CC4CC8CC24C1)C1CCC3CC1)C1CCC6CC1)C1CC2CC3CC5CC32C1. The van der Waals surface area contributed by atoms with Gasteiger partial charge in [-0.3, -0.25) is 17.9 Å². The summed E-state index contributed by atoms with van der Waals surface area (Å²) in [4.78, 5) is 0. The minimum atomic E-state index is 0.0192. The van der Waals surface area contributed by atoms with Gasteiger partial charge in [-0.1, -0.05) is 20.8 Å². The molecule has 3 aromatic carbocycles. The Kier molecular flexibility index (Phi) is 5.41. The number of rotatable bonds is 0. The topological polar surface area (TPSA) is 18.7 Å². The zero-order chi connectivity index (χ0) is 42.8. The van der Waals surface area contributed by atoms with Crippen LogP contribution < -0.4 is 16.4 Å². The average molecular weight is 875 g/mol. The second kappa shape index (κ2) is 10.3. The van der Waals surface area contributed by atoms with Crippen LogP contribution in [0.15, 0.2) is 36.4 Å². The van der Waals surface area contributed by atoms with E-state index in [-0.39, 0.29) is 5.41 Å². The van der Waals surface area contributed by atoms with Gasteiger partial charge in [-0.05, 0) is 295 Å². The van der Waals surface area contributed by atoms with Gasteiger partial charge in [0.05, 0.1) is 22.1 Å². The van der Waals surface area contributed by atoms with Gasteiger partial charge in [-0.15, -0.1) is 0 Å². The molecule has 16 aliphatic rings. The van der Waals surface area contributed by atoms with Gasteiger partial charge in [-0.25, -0.2) is 0 Å². The lowest BCUT2D eigenvalue weighted by Crippen LogP contribution is -2.61. The molecule has 23 rings (SSSR count). The summed E-state index contributed by atoms with van der Waals surface area (Å²) >= 11 is 0. The predicted molar refractivity (Wildman–Crippen MR) is 269 cm³/mol. The Labute approximate surface area is 394 Å². The van der Waals surface area contributed by atoms with E-state index in [0.29, 0.717) is 41.2 Å². The molecule has 0 saturated heterocycles. The Bertz CT molecular complexity index is 3430. The van der Waals surface area contributed by atoms with Crippen LogP contribution in [0.1, 0.15) is 234 Å². The van der Waals surface area contributed by atoms with Crippen molar-refractivity contribution in [2.45, 2.75) is 189 Å². The van der Waals surface area contributed by atoms with Crippen molar-refractivity contribution in [2.75, 3.05) is 0 Å². The first-order valence-corrected chi connectivity index (χ1v) is 28.4. The molecule has 0 N–H and O–H groups in total. The van der Waals surface area contributed by atoms with Crippen molar-refractivity contribution >= 4 is 56.5 Å². The highest BCUT2D eigenvalue weighted by molar-refractivity contribution is 7.00. The maximum atomic E-state index is 3.01. The van der Waals surface area contributed by atoms with Crippen LogP contribution in [0, 0.1) is 34.5 Å². The molecule has 5 heteroatoms. The Morgan fingerprint density at radius 2 is 0.806 bits per heavy atom. The molecule has 2 spiro atoms. The molecule has 14 aliphatic carbocycles. The van der Waals surface area contributed by atoms with Gasteiger partial charge in [0.2, 0.25) is 0 Å². The predicted octanol–water partition coefficient (Wildman–Crippen LogP) is 12.8. The van der Waals surface area contributed by atoms with E-state index in [4.69, 9.17) is 0 Å². The van der Waals surface area contributed by atoms with E-state index >= 15 is 0 Å². The van der Waals surface area contributed by atoms with E-state index in [0.717, 1.165) is 47.3 Å². The molecule has 8 fully saturated rings. The first kappa shape index (κ1) is 35.1. The first-order valence-electron chi connectivity index (χ1n) is 28.4. The molecule has 10 atom stereocenters. The monoisotopic (exact) mass is 875 g/mol. The van der Waals surface area contributed by atoms with Gasteiger partial charge in [0.1, 0.15) is 11.3 Å². The van der Waals surface area contributed by atoms with E-state index in [1.807, 2.05) is 11.1 Å². The first-order chi connectivity index (χ1) is 32.7. The summed E-state index contributed by atoms with van der Waals surface area (Å²) in [5.74, 6) is 9.83. The number of imidazole rings is 2. The van der Waals surface area contributed by atoms with Crippen LogP contribution in [0.3, 0.4) is 0 Å². The minimum Gasteiger partial charge on any atom is -0.298 e. The van der Waals surface area contributed by atoms with Crippen molar-refractivity contribution in [1.29, 1.82) is 0 Å². The normalized spacial score (nSPS) is 40.1. The summed E-state index contributed by atoms with van der Waals surface area (Å²) in [7, 11) is 0. The van der Waals surface area contributed by atoms with Crippen LogP contribution in [0.4, 0.5) is 0 Å². The van der Waals surface area contributed by atoms with Crippen molar-refractivity contribution < 1.29 is 0 Å². The van der Waals surface area contributed by atoms with Crippen molar-refractivity contribution in [3.8, 4) is 11.4 Å². The van der Waals surface area contributed by atoms with Crippen molar-refractivity contribution in [1.82, 2.24) is 17.9 Å². The molecule has 6 heterocycles. The molecule has 4 nitrogen and oxygen atoms in total. The summed E-state index contributed by atoms with van der Waals surface area (Å²) in [5.41, 5.74) is 34.9. The summed E-state index contributed by atoms with van der Waals surface area (Å²) in [5, 5.41) is 0. The van der Waals surface area contributed by atoms with Gasteiger partial charge in [0.25, 0.3) is 6.71 Å². The molecule has 7 aromatic rings. The van der Waals surface area contributed by atoms with Crippen LogP contribution in [0.5, 0.6) is 0 Å². The quantitative estimate of drug-likeness (QED) is 0.135. The third-order valence-electron chi connectivity index (χ3n) is 25.6. The molecule has 0 amide bonds. The average Bonchev–Trinajstić information content (AvgIpc) is 4.21. The zero-order valence-corrected chi connectivity index (χ0v) is 40.0. The summed E-state index contributed by atoms with van der Waals surface area (Å²) in [6.45, 7) is 7.80.